The lowest BCUT2D eigenvalue weighted by molar-refractivity contribution is -0.113. The normalized spacial score (nSPS) is 11.0. The van der Waals surface area contributed by atoms with E-state index >= 15 is 0 Å². The summed E-state index contributed by atoms with van der Waals surface area (Å²) in [5, 5.41) is 6.18. The number of hydrogen-bond acceptors (Lipinski definition) is 5. The average molecular weight is 457 g/mol. The second-order valence-electron chi connectivity index (χ2n) is 7.38. The molecule has 0 aliphatic rings. The van der Waals surface area contributed by atoms with Gasteiger partial charge in [-0.25, -0.2) is 9.97 Å². The van der Waals surface area contributed by atoms with Crippen molar-refractivity contribution in [1.82, 2.24) is 15.0 Å². The lowest BCUT2D eigenvalue weighted by Gasteiger charge is -2.03. The number of H-pyrrole nitrogens is 1. The number of thioether (sulfide) groups is 1. The van der Waals surface area contributed by atoms with Crippen molar-refractivity contribution in [2.45, 2.75) is 12.1 Å². The molecule has 0 saturated carbocycles. The van der Waals surface area contributed by atoms with Crippen LogP contribution in [-0.4, -0.2) is 26.6 Å². The topological polar surface area (TPSA) is 70.7 Å². The van der Waals surface area contributed by atoms with Gasteiger partial charge in [-0.3, -0.25) is 4.79 Å². The van der Waals surface area contributed by atoms with E-state index in [0.29, 0.717) is 5.13 Å². The predicted octanol–water partition coefficient (Wildman–Crippen LogP) is 6.39. The number of thiazole rings is 1. The van der Waals surface area contributed by atoms with E-state index in [4.69, 9.17) is 0 Å². The van der Waals surface area contributed by atoms with Crippen molar-refractivity contribution in [2.24, 2.45) is 0 Å². The summed E-state index contributed by atoms with van der Waals surface area (Å²) in [7, 11) is 0. The predicted molar refractivity (Wildman–Crippen MR) is 133 cm³/mol. The van der Waals surface area contributed by atoms with Gasteiger partial charge in [0.1, 0.15) is 0 Å². The van der Waals surface area contributed by atoms with Gasteiger partial charge in [-0.05, 0) is 35.7 Å². The van der Waals surface area contributed by atoms with Gasteiger partial charge in [-0.1, -0.05) is 72.4 Å². The van der Waals surface area contributed by atoms with E-state index < -0.39 is 0 Å². The van der Waals surface area contributed by atoms with Crippen LogP contribution in [0.25, 0.3) is 33.4 Å². The van der Waals surface area contributed by atoms with Crippen LogP contribution < -0.4 is 5.32 Å². The molecule has 0 radical (unpaired) electrons. The number of anilines is 1. The maximum atomic E-state index is 12.4. The third-order valence-electron chi connectivity index (χ3n) is 4.99. The molecule has 5 rings (SSSR count). The van der Waals surface area contributed by atoms with Crippen LogP contribution >= 0.6 is 23.1 Å². The number of carbonyl (C=O) groups is 1. The molecule has 2 aromatic heterocycles. The molecule has 2 heterocycles. The fourth-order valence-electron chi connectivity index (χ4n) is 3.39. The fourth-order valence-corrected chi connectivity index (χ4v) is 4.81. The molecule has 32 heavy (non-hydrogen) atoms. The van der Waals surface area contributed by atoms with E-state index in [1.165, 1.54) is 34.2 Å². The summed E-state index contributed by atoms with van der Waals surface area (Å²) in [5.74, 6) is 0.159. The molecule has 0 aliphatic carbocycles. The Bertz CT molecular complexity index is 1370. The summed E-state index contributed by atoms with van der Waals surface area (Å²) < 4.78 is 0. The average Bonchev–Trinajstić information content (AvgIpc) is 3.45. The minimum absolute atomic E-state index is 0.105. The molecule has 158 valence electrons. The van der Waals surface area contributed by atoms with E-state index in [0.717, 1.165) is 33.0 Å². The molecule has 0 fully saturated rings. The van der Waals surface area contributed by atoms with Crippen molar-refractivity contribution in [3.63, 3.8) is 0 Å². The van der Waals surface area contributed by atoms with E-state index in [1.807, 2.05) is 42.6 Å². The monoisotopic (exact) mass is 456 g/mol. The van der Waals surface area contributed by atoms with Gasteiger partial charge in [-0.15, -0.1) is 11.3 Å². The maximum Gasteiger partial charge on any atom is 0.236 e. The Morgan fingerprint density at radius 1 is 0.969 bits per heavy atom. The van der Waals surface area contributed by atoms with E-state index in [2.05, 4.69) is 62.7 Å². The molecule has 3 aromatic carbocycles. The number of benzene rings is 3. The molecule has 0 unspecified atom stereocenters. The summed E-state index contributed by atoms with van der Waals surface area (Å²) >= 11 is 2.80. The van der Waals surface area contributed by atoms with Crippen LogP contribution in [0.4, 0.5) is 5.13 Å². The van der Waals surface area contributed by atoms with Crippen molar-refractivity contribution in [1.29, 1.82) is 0 Å². The first-order valence-corrected chi connectivity index (χ1v) is 12.0. The highest BCUT2D eigenvalue weighted by Crippen LogP contribution is 2.28. The molecule has 7 heteroatoms. The lowest BCUT2D eigenvalue weighted by Crippen LogP contribution is -2.13. The van der Waals surface area contributed by atoms with Crippen LogP contribution in [0.1, 0.15) is 5.56 Å². The van der Waals surface area contributed by atoms with Gasteiger partial charge < -0.3 is 10.3 Å². The highest BCUT2D eigenvalue weighted by molar-refractivity contribution is 7.99. The Hall–Kier alpha value is -3.42. The lowest BCUT2D eigenvalue weighted by atomic mass is 10.0. The highest BCUT2D eigenvalue weighted by Gasteiger charge is 2.11. The molecule has 0 bridgehead atoms. The van der Waals surface area contributed by atoms with E-state index in [9.17, 15) is 4.79 Å². The molecule has 1 amide bonds. The molecule has 0 saturated heterocycles. The van der Waals surface area contributed by atoms with Crippen molar-refractivity contribution in [3.8, 4) is 22.4 Å². The van der Waals surface area contributed by atoms with Gasteiger partial charge >= 0.3 is 0 Å². The number of amides is 1. The van der Waals surface area contributed by atoms with Crippen molar-refractivity contribution in [2.75, 3.05) is 11.1 Å². The molecule has 5 nitrogen and oxygen atoms in total. The first-order chi connectivity index (χ1) is 15.6. The van der Waals surface area contributed by atoms with Gasteiger partial charge in [0, 0.05) is 10.9 Å². The molecular weight excluding hydrogens is 436 g/mol. The minimum atomic E-state index is -0.105. The zero-order chi connectivity index (χ0) is 21.9. The summed E-state index contributed by atoms with van der Waals surface area (Å²) in [6.07, 6.45) is 0. The standard InChI is InChI=1S/C25H20N4OS2/c1-16-7-12-20-21(13-16)27-24(26-20)32-15-23(30)29-25-28-22(14-31-25)19-10-8-18(9-11-19)17-5-3-2-4-6-17/h2-14H,15H2,1H3,(H,26,27)(H,28,29,30). The van der Waals surface area contributed by atoms with Crippen LogP contribution in [-0.2, 0) is 4.79 Å². The van der Waals surface area contributed by atoms with Crippen LogP contribution in [0.5, 0.6) is 0 Å². The second kappa shape index (κ2) is 8.98. The fraction of sp³-hybridized carbons (Fsp3) is 0.0800. The Morgan fingerprint density at radius 2 is 1.72 bits per heavy atom. The van der Waals surface area contributed by atoms with Gasteiger partial charge in [0.15, 0.2) is 10.3 Å². The zero-order valence-corrected chi connectivity index (χ0v) is 19.0. The molecule has 0 spiro atoms. The molecular formula is C25H20N4OS2. The molecule has 0 aliphatic heterocycles. The number of hydrogen-bond donors (Lipinski definition) is 2. The largest absolute Gasteiger partial charge is 0.333 e. The second-order valence-corrected chi connectivity index (χ2v) is 9.20. The van der Waals surface area contributed by atoms with Crippen molar-refractivity contribution in [3.05, 3.63) is 83.7 Å². The third kappa shape index (κ3) is 4.59. The SMILES string of the molecule is Cc1ccc2nc(SCC(=O)Nc3nc(-c4ccc(-c5ccccc5)cc4)cs3)[nH]c2c1. The van der Waals surface area contributed by atoms with Crippen LogP contribution in [0.3, 0.4) is 0 Å². The molecule has 2 N–H and O–H groups in total. The van der Waals surface area contributed by atoms with Gasteiger partial charge in [0.25, 0.3) is 0 Å². The first-order valence-electron chi connectivity index (χ1n) is 10.1. The van der Waals surface area contributed by atoms with Crippen LogP contribution in [0.15, 0.2) is 83.3 Å². The zero-order valence-electron chi connectivity index (χ0n) is 17.3. The number of fused-ring (bicyclic) bond motifs is 1. The molecule has 0 atom stereocenters. The van der Waals surface area contributed by atoms with Crippen LogP contribution in [0.2, 0.25) is 0 Å². The smallest absolute Gasteiger partial charge is 0.236 e. The number of aromatic amines is 1. The Kier molecular flexibility index (Phi) is 5.75. The van der Waals surface area contributed by atoms with Gasteiger partial charge in [-0.2, -0.15) is 0 Å². The summed E-state index contributed by atoms with van der Waals surface area (Å²) in [4.78, 5) is 24.7. The van der Waals surface area contributed by atoms with Gasteiger partial charge in [0.05, 0.1) is 22.5 Å². The maximum absolute atomic E-state index is 12.4. The Morgan fingerprint density at radius 3 is 2.53 bits per heavy atom. The quantitative estimate of drug-likeness (QED) is 0.290. The number of carbonyl (C=O) groups excluding carboxylic acids is 1. The Labute approximate surface area is 194 Å². The van der Waals surface area contributed by atoms with Crippen molar-refractivity contribution >= 4 is 45.2 Å². The summed E-state index contributed by atoms with van der Waals surface area (Å²) in [6.45, 7) is 2.04. The number of aromatic nitrogens is 3. The third-order valence-corrected chi connectivity index (χ3v) is 6.62. The highest BCUT2D eigenvalue weighted by atomic mass is 32.2. The number of aryl methyl sites for hydroxylation is 1. The Balaban J connectivity index is 1.20. The molecule has 5 aromatic rings. The number of rotatable bonds is 6. The van der Waals surface area contributed by atoms with Crippen LogP contribution in [0, 0.1) is 6.92 Å². The first kappa shape index (κ1) is 20.5. The number of nitrogens with one attached hydrogen (secondary N) is 2. The summed E-state index contributed by atoms with van der Waals surface area (Å²) in [5.41, 5.74) is 7.28. The minimum Gasteiger partial charge on any atom is -0.333 e. The number of nitrogens with zero attached hydrogens (tertiary/aromatic N) is 2. The van der Waals surface area contributed by atoms with E-state index in [-0.39, 0.29) is 11.7 Å². The number of imidazole rings is 1. The van der Waals surface area contributed by atoms with Gasteiger partial charge in [0.2, 0.25) is 5.91 Å². The van der Waals surface area contributed by atoms with Crippen molar-refractivity contribution < 1.29 is 4.79 Å². The summed E-state index contributed by atoms with van der Waals surface area (Å²) in [6, 6.07) is 24.6. The van der Waals surface area contributed by atoms with E-state index in [1.54, 1.807) is 0 Å².